The molecule has 0 spiro atoms. The van der Waals surface area contributed by atoms with Gasteiger partial charge in [-0.15, -0.1) is 0 Å². The van der Waals surface area contributed by atoms with Crippen LogP contribution in [0.25, 0.3) is 0 Å². The van der Waals surface area contributed by atoms with Crippen LogP contribution < -0.4 is 5.73 Å². The van der Waals surface area contributed by atoms with Crippen molar-refractivity contribution >= 4 is 23.2 Å². The zero-order valence-corrected chi connectivity index (χ0v) is 15.7. The molecular weight excluding hydrogens is 350 g/mol. The molecule has 1 aromatic carbocycles. The number of nitrogen functional groups attached to an aromatic ring is 1. The zero-order chi connectivity index (χ0) is 18.4. The van der Waals surface area contributed by atoms with Gasteiger partial charge in [0.2, 0.25) is 0 Å². The lowest BCUT2D eigenvalue weighted by Gasteiger charge is -2.27. The lowest BCUT2D eigenvalue weighted by atomic mass is 10.1. The molecule has 1 aromatic heterocycles. The fourth-order valence-corrected chi connectivity index (χ4v) is 3.53. The number of halogens is 1. The fraction of sp³-hybridized carbons (Fsp3) is 0.474. The molecule has 0 aliphatic carbocycles. The summed E-state index contributed by atoms with van der Waals surface area (Å²) in [5, 5.41) is 7.18. The smallest absolute Gasteiger partial charge is 0.272 e. The average molecular weight is 376 g/mol. The number of H-pyrrole nitrogens is 1. The molecule has 1 saturated heterocycles. The van der Waals surface area contributed by atoms with Gasteiger partial charge in [-0.05, 0) is 43.6 Å². The highest BCUT2D eigenvalue weighted by Crippen LogP contribution is 2.24. The second-order valence-electron chi connectivity index (χ2n) is 6.77. The standard InChI is InChI=1S/C19H26ClN5O/c20-18-15(6-5-7-16(18)21)14-25(19(26)17-8-9-22-23-17)13-12-24-10-3-1-2-4-11-24/h5-9H,1-4,10-14,21H2,(H,22,23). The van der Waals surface area contributed by atoms with Crippen LogP contribution in [0.2, 0.25) is 5.02 Å². The van der Waals surface area contributed by atoms with Crippen molar-refractivity contribution in [2.75, 3.05) is 31.9 Å². The number of nitrogens with one attached hydrogen (secondary N) is 1. The molecule has 0 radical (unpaired) electrons. The van der Waals surface area contributed by atoms with Crippen molar-refractivity contribution in [3.05, 3.63) is 46.7 Å². The Kier molecular flexibility index (Phi) is 6.52. The van der Waals surface area contributed by atoms with Crippen LogP contribution in [0.4, 0.5) is 5.69 Å². The van der Waals surface area contributed by atoms with Gasteiger partial charge in [-0.1, -0.05) is 36.6 Å². The molecule has 140 valence electrons. The number of benzene rings is 1. The number of likely N-dealkylation sites (tertiary alicyclic amines) is 1. The number of anilines is 1. The first kappa shape index (κ1) is 18.7. The number of aromatic amines is 1. The topological polar surface area (TPSA) is 78.2 Å². The van der Waals surface area contributed by atoms with Gasteiger partial charge in [0.1, 0.15) is 5.69 Å². The van der Waals surface area contributed by atoms with Crippen molar-refractivity contribution in [3.8, 4) is 0 Å². The number of hydrogen-bond acceptors (Lipinski definition) is 4. The number of amides is 1. The van der Waals surface area contributed by atoms with Gasteiger partial charge in [0.15, 0.2) is 0 Å². The molecule has 0 bridgehead atoms. The number of nitrogens with zero attached hydrogens (tertiary/aromatic N) is 3. The molecule has 0 atom stereocenters. The molecule has 2 aromatic rings. The Morgan fingerprint density at radius 1 is 1.23 bits per heavy atom. The summed E-state index contributed by atoms with van der Waals surface area (Å²) in [7, 11) is 0. The Balaban J connectivity index is 1.72. The number of carbonyl (C=O) groups excluding carboxylic acids is 1. The van der Waals surface area contributed by atoms with Crippen LogP contribution in [-0.4, -0.2) is 52.1 Å². The van der Waals surface area contributed by atoms with Crippen LogP contribution in [0.3, 0.4) is 0 Å². The second-order valence-corrected chi connectivity index (χ2v) is 7.15. The van der Waals surface area contributed by atoms with Gasteiger partial charge < -0.3 is 15.5 Å². The molecule has 26 heavy (non-hydrogen) atoms. The number of aromatic nitrogens is 2. The van der Waals surface area contributed by atoms with E-state index in [2.05, 4.69) is 15.1 Å². The van der Waals surface area contributed by atoms with E-state index >= 15 is 0 Å². The van der Waals surface area contributed by atoms with Crippen molar-refractivity contribution in [2.45, 2.75) is 32.2 Å². The normalized spacial score (nSPS) is 15.6. The van der Waals surface area contributed by atoms with E-state index in [-0.39, 0.29) is 5.91 Å². The van der Waals surface area contributed by atoms with Gasteiger partial charge in [0, 0.05) is 25.8 Å². The largest absolute Gasteiger partial charge is 0.398 e. The van der Waals surface area contributed by atoms with Crippen LogP contribution in [0, 0.1) is 0 Å². The minimum Gasteiger partial charge on any atom is -0.398 e. The molecule has 1 aliphatic heterocycles. The molecule has 2 heterocycles. The van der Waals surface area contributed by atoms with Crippen molar-refractivity contribution < 1.29 is 4.79 Å². The minimum atomic E-state index is -0.0733. The molecule has 3 rings (SSSR count). The lowest BCUT2D eigenvalue weighted by molar-refractivity contribution is 0.0716. The number of nitrogens with two attached hydrogens (primary N) is 1. The van der Waals surface area contributed by atoms with E-state index in [1.807, 2.05) is 17.0 Å². The van der Waals surface area contributed by atoms with Crippen molar-refractivity contribution in [2.24, 2.45) is 0 Å². The summed E-state index contributed by atoms with van der Waals surface area (Å²) in [5.74, 6) is -0.0733. The van der Waals surface area contributed by atoms with Crippen LogP contribution in [-0.2, 0) is 6.54 Å². The Hall–Kier alpha value is -2.05. The number of hydrogen-bond donors (Lipinski definition) is 2. The van der Waals surface area contributed by atoms with E-state index in [1.54, 1.807) is 18.3 Å². The van der Waals surface area contributed by atoms with E-state index in [1.165, 1.54) is 25.7 Å². The summed E-state index contributed by atoms with van der Waals surface area (Å²) in [5.41, 5.74) is 7.79. The Morgan fingerprint density at radius 2 is 2.00 bits per heavy atom. The molecule has 0 saturated carbocycles. The lowest BCUT2D eigenvalue weighted by Crippen LogP contribution is -2.39. The molecule has 1 fully saturated rings. The van der Waals surface area contributed by atoms with E-state index in [0.717, 1.165) is 25.2 Å². The second kappa shape index (κ2) is 9.05. The summed E-state index contributed by atoms with van der Waals surface area (Å²) < 4.78 is 0. The summed E-state index contributed by atoms with van der Waals surface area (Å²) >= 11 is 6.34. The van der Waals surface area contributed by atoms with Gasteiger partial charge in [-0.3, -0.25) is 9.89 Å². The summed E-state index contributed by atoms with van der Waals surface area (Å²) in [4.78, 5) is 17.2. The third-order valence-electron chi connectivity index (χ3n) is 4.87. The van der Waals surface area contributed by atoms with Gasteiger partial charge in [-0.2, -0.15) is 5.10 Å². The maximum atomic E-state index is 12.9. The summed E-state index contributed by atoms with van der Waals surface area (Å²) in [6.07, 6.45) is 6.65. The molecule has 6 nitrogen and oxygen atoms in total. The van der Waals surface area contributed by atoms with Gasteiger partial charge in [0.05, 0.1) is 10.7 Å². The third-order valence-corrected chi connectivity index (χ3v) is 5.33. The van der Waals surface area contributed by atoms with Crippen molar-refractivity contribution in [1.29, 1.82) is 0 Å². The predicted molar refractivity (Wildman–Crippen MR) is 104 cm³/mol. The summed E-state index contributed by atoms with van der Waals surface area (Å²) in [6.45, 7) is 4.13. The Labute approximate surface area is 159 Å². The van der Waals surface area contributed by atoms with E-state index in [0.29, 0.717) is 29.5 Å². The number of carbonyl (C=O) groups is 1. The zero-order valence-electron chi connectivity index (χ0n) is 15.0. The molecule has 1 aliphatic rings. The van der Waals surface area contributed by atoms with Crippen molar-refractivity contribution in [3.63, 3.8) is 0 Å². The van der Waals surface area contributed by atoms with E-state index in [4.69, 9.17) is 17.3 Å². The first-order valence-corrected chi connectivity index (χ1v) is 9.57. The summed E-state index contributed by atoms with van der Waals surface area (Å²) in [6, 6.07) is 7.24. The highest BCUT2D eigenvalue weighted by Gasteiger charge is 2.20. The maximum absolute atomic E-state index is 12.9. The molecule has 7 heteroatoms. The van der Waals surface area contributed by atoms with Crippen LogP contribution >= 0.6 is 11.6 Å². The van der Waals surface area contributed by atoms with E-state index in [9.17, 15) is 4.79 Å². The quantitative estimate of drug-likeness (QED) is 0.760. The predicted octanol–water partition coefficient (Wildman–Crippen LogP) is 3.16. The molecule has 3 N–H and O–H groups in total. The van der Waals surface area contributed by atoms with Crippen LogP contribution in [0.1, 0.15) is 41.7 Å². The van der Waals surface area contributed by atoms with Gasteiger partial charge in [0.25, 0.3) is 5.91 Å². The fourth-order valence-electron chi connectivity index (χ4n) is 3.35. The first-order chi connectivity index (χ1) is 12.6. The van der Waals surface area contributed by atoms with Gasteiger partial charge >= 0.3 is 0 Å². The molecule has 1 amide bonds. The third kappa shape index (κ3) is 4.77. The Morgan fingerprint density at radius 3 is 2.69 bits per heavy atom. The number of rotatable bonds is 6. The van der Waals surface area contributed by atoms with Crippen LogP contribution in [0.15, 0.2) is 30.5 Å². The highest BCUT2D eigenvalue weighted by molar-refractivity contribution is 6.33. The SMILES string of the molecule is Nc1cccc(CN(CCN2CCCCCC2)C(=O)c2ccn[nH]2)c1Cl. The monoisotopic (exact) mass is 375 g/mol. The maximum Gasteiger partial charge on any atom is 0.272 e. The van der Waals surface area contributed by atoms with Gasteiger partial charge in [-0.25, -0.2) is 0 Å². The Bertz CT molecular complexity index is 711. The average Bonchev–Trinajstić information content (AvgIpc) is 3.06. The minimum absolute atomic E-state index is 0.0733. The van der Waals surface area contributed by atoms with E-state index < -0.39 is 0 Å². The van der Waals surface area contributed by atoms with Crippen molar-refractivity contribution in [1.82, 2.24) is 20.0 Å². The van der Waals surface area contributed by atoms with Crippen LogP contribution in [0.5, 0.6) is 0 Å². The molecular formula is C19H26ClN5O. The highest BCUT2D eigenvalue weighted by atomic mass is 35.5. The molecule has 0 unspecified atom stereocenters. The first-order valence-electron chi connectivity index (χ1n) is 9.19.